The molecule has 2 aromatic carbocycles. The van der Waals surface area contributed by atoms with Gasteiger partial charge in [0.05, 0.1) is 0 Å². The molecule has 4 heteroatoms. The van der Waals surface area contributed by atoms with Crippen LogP contribution in [0.5, 0.6) is 0 Å². The van der Waals surface area contributed by atoms with E-state index in [0.717, 1.165) is 0 Å². The number of benzene rings is 2. The molecule has 0 atom stereocenters. The summed E-state index contributed by atoms with van der Waals surface area (Å²) in [4.78, 5) is 4.65. The molecule has 2 aromatic rings. The normalized spacial score (nSPS) is 13.6. The van der Waals surface area contributed by atoms with Gasteiger partial charge in [0.15, 0.2) is 0 Å². The van der Waals surface area contributed by atoms with E-state index in [1.165, 1.54) is 33.6 Å². The third-order valence-electron chi connectivity index (χ3n) is 5.84. The average molecular weight is 531 g/mol. The van der Waals surface area contributed by atoms with Gasteiger partial charge in [-0.3, -0.25) is 0 Å². The number of halogens is 1. The molecule has 3 rings (SSSR count). The van der Waals surface area contributed by atoms with E-state index in [1.807, 2.05) is 0 Å². The van der Waals surface area contributed by atoms with E-state index >= 15 is 0 Å². The van der Waals surface area contributed by atoms with Crippen LogP contribution in [0, 0.1) is 6.67 Å². The van der Waals surface area contributed by atoms with E-state index in [0.29, 0.717) is 23.7 Å². The second-order valence-corrected chi connectivity index (χ2v) is 9.42. The number of rotatable bonds is 6. The van der Waals surface area contributed by atoms with Crippen molar-refractivity contribution >= 4 is 20.9 Å². The molecular weight excluding hydrogens is 494 g/mol. The van der Waals surface area contributed by atoms with Gasteiger partial charge < -0.3 is 9.80 Å². The molecule has 0 saturated heterocycles. The molecule has 0 radical (unpaired) electrons. The van der Waals surface area contributed by atoms with Crippen LogP contribution < -0.4 is 9.80 Å². The van der Waals surface area contributed by atoms with Crippen molar-refractivity contribution in [1.82, 2.24) is 0 Å². The molecular formula is C27H37ClN2Pd. The Kier molecular flexibility index (Phi) is 9.69. The molecule has 0 bridgehead atoms. The quantitative estimate of drug-likeness (QED) is 0.272. The number of nitrogens with zero attached hydrogens (tertiary/aromatic N) is 2. The first-order chi connectivity index (χ1) is 14.7. The summed E-state index contributed by atoms with van der Waals surface area (Å²) >= 11 is 2.22. The molecule has 0 fully saturated rings. The van der Waals surface area contributed by atoms with Crippen molar-refractivity contribution in [3.05, 3.63) is 77.7 Å². The Labute approximate surface area is 205 Å². The van der Waals surface area contributed by atoms with Crippen molar-refractivity contribution in [3.8, 4) is 0 Å². The number of hydrogen-bond donors (Lipinski definition) is 0. The first kappa shape index (κ1) is 26.0. The zero-order valence-electron chi connectivity index (χ0n) is 20.1. The summed E-state index contributed by atoms with van der Waals surface area (Å²) in [5, 5.41) is 0. The molecule has 0 spiro atoms. The van der Waals surface area contributed by atoms with Crippen molar-refractivity contribution in [1.29, 1.82) is 0 Å². The van der Waals surface area contributed by atoms with Gasteiger partial charge in [0.1, 0.15) is 0 Å². The van der Waals surface area contributed by atoms with E-state index in [-0.39, 0.29) is 0 Å². The molecule has 0 N–H and O–H groups in total. The number of anilines is 2. The Bertz CT molecular complexity index is 763. The van der Waals surface area contributed by atoms with Crippen LogP contribution in [0.2, 0.25) is 0 Å². The number of para-hydroxylation sites is 2. The predicted molar refractivity (Wildman–Crippen MR) is 133 cm³/mol. The van der Waals surface area contributed by atoms with Crippen molar-refractivity contribution in [2.24, 2.45) is 0 Å². The van der Waals surface area contributed by atoms with Crippen LogP contribution in [0.1, 0.15) is 101 Å². The standard InChI is InChI=1S/C27H37N2.ClH.Pd/c1-18(2)22-11-9-12-23(19(3)4)26(22)28-15-16-29(17-28)27-24(20(5)6)13-10-14-25(27)21(7)8;;/h9-21H,1-8H3;1H;/q-1;;+2/p-1. The van der Waals surface area contributed by atoms with Gasteiger partial charge in [0.2, 0.25) is 0 Å². The molecule has 31 heavy (non-hydrogen) atoms. The second-order valence-electron chi connectivity index (χ2n) is 9.42. The summed E-state index contributed by atoms with van der Waals surface area (Å²) in [6, 6.07) is 13.5. The van der Waals surface area contributed by atoms with Crippen LogP contribution in [0.3, 0.4) is 0 Å². The first-order valence-electron chi connectivity index (χ1n) is 11.2. The van der Waals surface area contributed by atoms with Crippen molar-refractivity contribution in [2.45, 2.75) is 79.1 Å². The zero-order valence-corrected chi connectivity index (χ0v) is 22.4. The third-order valence-corrected chi connectivity index (χ3v) is 5.84. The monoisotopic (exact) mass is 530 g/mol. The van der Waals surface area contributed by atoms with Gasteiger partial charge in [0, 0.05) is 11.4 Å². The van der Waals surface area contributed by atoms with Gasteiger partial charge in [-0.15, -0.1) is 6.67 Å². The van der Waals surface area contributed by atoms with Crippen molar-refractivity contribution < 1.29 is 18.2 Å². The van der Waals surface area contributed by atoms with Crippen molar-refractivity contribution in [2.75, 3.05) is 9.80 Å². The minimum absolute atomic E-state index is 0.480. The Hall–Kier alpha value is -1.27. The number of hydrogen-bond acceptors (Lipinski definition) is 2. The van der Waals surface area contributed by atoms with Crippen LogP contribution in [0.4, 0.5) is 11.4 Å². The fourth-order valence-corrected chi connectivity index (χ4v) is 4.24. The van der Waals surface area contributed by atoms with Crippen LogP contribution in [0.15, 0.2) is 48.8 Å². The van der Waals surface area contributed by atoms with Crippen LogP contribution in [-0.4, -0.2) is 0 Å². The van der Waals surface area contributed by atoms with Crippen molar-refractivity contribution in [3.63, 3.8) is 0 Å². The van der Waals surface area contributed by atoms with Gasteiger partial charge in [-0.05, 0) is 58.3 Å². The molecule has 0 aromatic heterocycles. The zero-order chi connectivity index (χ0) is 23.3. The van der Waals surface area contributed by atoms with Gasteiger partial charge in [0.25, 0.3) is 0 Å². The maximum absolute atomic E-state index is 4.49. The van der Waals surface area contributed by atoms with Crippen LogP contribution in [-0.2, 0) is 18.2 Å². The summed E-state index contributed by atoms with van der Waals surface area (Å²) in [5.74, 6) is 1.92. The Morgan fingerprint density at radius 2 is 0.839 bits per heavy atom. The van der Waals surface area contributed by atoms with E-state index < -0.39 is 0 Å². The van der Waals surface area contributed by atoms with Crippen LogP contribution in [0.25, 0.3) is 0 Å². The van der Waals surface area contributed by atoms with E-state index in [9.17, 15) is 0 Å². The predicted octanol–water partition coefficient (Wildman–Crippen LogP) is 8.78. The molecule has 1 aliphatic rings. The summed E-state index contributed by atoms with van der Waals surface area (Å²) < 4.78 is 0. The first-order valence-corrected chi connectivity index (χ1v) is 13.2. The Morgan fingerprint density at radius 3 is 1.06 bits per heavy atom. The molecule has 0 amide bonds. The Balaban J connectivity index is 0.00000166. The average Bonchev–Trinajstić information content (AvgIpc) is 3.23. The molecule has 0 unspecified atom stereocenters. The van der Waals surface area contributed by atoms with Gasteiger partial charge in [-0.25, -0.2) is 0 Å². The van der Waals surface area contributed by atoms with E-state index in [4.69, 9.17) is 0 Å². The van der Waals surface area contributed by atoms with Gasteiger partial charge >= 0.3 is 27.7 Å². The molecule has 1 heterocycles. The molecule has 0 aliphatic carbocycles. The topological polar surface area (TPSA) is 6.48 Å². The summed E-state index contributed by atoms with van der Waals surface area (Å²) in [7, 11) is 4.49. The summed E-state index contributed by atoms with van der Waals surface area (Å²) in [6.45, 7) is 20.5. The van der Waals surface area contributed by atoms with Gasteiger partial charge in [-0.2, -0.15) is 0 Å². The minimum atomic E-state index is 0.480. The van der Waals surface area contributed by atoms with E-state index in [1.54, 1.807) is 0 Å². The maximum atomic E-state index is 4.49. The molecule has 172 valence electrons. The second kappa shape index (κ2) is 11.6. The summed E-state index contributed by atoms with van der Waals surface area (Å²) in [5.41, 5.74) is 8.29. The fraction of sp³-hybridized carbons (Fsp3) is 0.444. The third kappa shape index (κ3) is 5.75. The molecule has 0 saturated carbocycles. The van der Waals surface area contributed by atoms with Gasteiger partial charge in [-0.1, -0.05) is 91.8 Å². The fourth-order valence-electron chi connectivity index (χ4n) is 4.24. The van der Waals surface area contributed by atoms with Crippen LogP contribution >= 0.6 is 9.53 Å². The molecule has 2 nitrogen and oxygen atoms in total. The molecule has 1 aliphatic heterocycles. The van der Waals surface area contributed by atoms with E-state index in [2.05, 4.69) is 148 Å². The Morgan fingerprint density at radius 1 is 0.581 bits per heavy atom. The summed E-state index contributed by atoms with van der Waals surface area (Å²) in [6.07, 6.45) is 4.43. The SMILES string of the molecule is CC(C)c1cccc(C(C)C)c1N1C=CN(c2c(C(C)C)cccc2C(C)C)[CH-]1.[Cl][Pd+].